The number of fused-ring (bicyclic) bond motifs is 6. The van der Waals surface area contributed by atoms with Crippen molar-refractivity contribution >= 4 is 60.8 Å². The van der Waals surface area contributed by atoms with E-state index in [1.165, 1.54) is 5.56 Å². The maximum absolute atomic E-state index is 14.9. The number of aromatic nitrogens is 1. The Balaban J connectivity index is 0.975. The monoisotopic (exact) mass is 822 g/mol. The second-order valence-electron chi connectivity index (χ2n) is 16.2. The highest BCUT2D eigenvalue weighted by molar-refractivity contribution is 6.10. The van der Waals surface area contributed by atoms with Crippen LogP contribution in [0.2, 0.25) is 0 Å². The summed E-state index contributed by atoms with van der Waals surface area (Å²) in [6.07, 6.45) is 0. The molecule has 2 heterocycles. The summed E-state index contributed by atoms with van der Waals surface area (Å²) in [7, 11) is 0. The van der Waals surface area contributed by atoms with E-state index in [-0.39, 0.29) is 5.82 Å². The third-order valence-corrected chi connectivity index (χ3v) is 12.5. The SMILES string of the molecule is Fc1ccc2c3ccccc3n(-c3ccc(-c4ccccc4)c(-c4ccc(N(c5ccc(-c6ccccc6)cc5)c5ccc(-c6cccc7c6oc6ccccc67)cc5)cc4)c3)c2c1. The van der Waals surface area contributed by atoms with Crippen molar-refractivity contribution in [2.75, 3.05) is 4.90 Å². The van der Waals surface area contributed by atoms with Gasteiger partial charge in [-0.15, -0.1) is 0 Å². The molecule has 0 bridgehead atoms. The first-order valence-electron chi connectivity index (χ1n) is 21.6. The lowest BCUT2D eigenvalue weighted by Crippen LogP contribution is -2.09. The van der Waals surface area contributed by atoms with E-state index in [0.717, 1.165) is 105 Å². The molecule has 10 aromatic carbocycles. The lowest BCUT2D eigenvalue weighted by atomic mass is 9.93. The second-order valence-corrected chi connectivity index (χ2v) is 16.2. The highest BCUT2D eigenvalue weighted by Crippen LogP contribution is 2.42. The molecule has 0 aliphatic rings. The van der Waals surface area contributed by atoms with Gasteiger partial charge >= 0.3 is 0 Å². The molecule has 302 valence electrons. The summed E-state index contributed by atoms with van der Waals surface area (Å²) in [5, 5.41) is 4.34. The Hall–Kier alpha value is -8.47. The molecule has 4 heteroatoms. The number of halogens is 1. The van der Waals surface area contributed by atoms with Crippen molar-refractivity contribution in [3.63, 3.8) is 0 Å². The van der Waals surface area contributed by atoms with E-state index in [1.54, 1.807) is 12.1 Å². The second kappa shape index (κ2) is 15.5. The predicted octanol–water partition coefficient (Wildman–Crippen LogP) is 17.0. The first-order valence-corrected chi connectivity index (χ1v) is 21.6. The molecule has 0 radical (unpaired) electrons. The third-order valence-electron chi connectivity index (χ3n) is 12.5. The Morgan fingerprint density at radius 1 is 0.344 bits per heavy atom. The fourth-order valence-corrected chi connectivity index (χ4v) is 9.44. The first kappa shape index (κ1) is 37.3. The molecule has 12 rings (SSSR count). The van der Waals surface area contributed by atoms with Crippen molar-refractivity contribution in [2.45, 2.75) is 0 Å². The number of para-hydroxylation sites is 3. The molecule has 0 fully saturated rings. The molecule has 64 heavy (non-hydrogen) atoms. The molecule has 0 amide bonds. The van der Waals surface area contributed by atoms with Crippen LogP contribution in [0.4, 0.5) is 21.5 Å². The molecular weight excluding hydrogens is 784 g/mol. The van der Waals surface area contributed by atoms with E-state index in [2.05, 4.69) is 191 Å². The van der Waals surface area contributed by atoms with Gasteiger partial charge in [-0.05, 0) is 118 Å². The van der Waals surface area contributed by atoms with Crippen LogP contribution in [0.25, 0.3) is 93.9 Å². The van der Waals surface area contributed by atoms with Crippen LogP contribution >= 0.6 is 0 Å². The average molecular weight is 823 g/mol. The van der Waals surface area contributed by atoms with Crippen LogP contribution in [0, 0.1) is 5.82 Å². The molecule has 0 saturated carbocycles. The van der Waals surface area contributed by atoms with Crippen molar-refractivity contribution in [1.29, 1.82) is 0 Å². The van der Waals surface area contributed by atoms with Crippen LogP contribution < -0.4 is 4.90 Å². The lowest BCUT2D eigenvalue weighted by Gasteiger charge is -2.26. The Morgan fingerprint density at radius 3 is 1.58 bits per heavy atom. The van der Waals surface area contributed by atoms with Crippen molar-refractivity contribution in [1.82, 2.24) is 4.57 Å². The molecule has 0 saturated heterocycles. The Bertz CT molecular complexity index is 3650. The molecule has 0 unspecified atom stereocenters. The zero-order chi connectivity index (χ0) is 42.6. The van der Waals surface area contributed by atoms with Gasteiger partial charge in [0, 0.05) is 49.9 Å². The van der Waals surface area contributed by atoms with Crippen LogP contribution in [-0.4, -0.2) is 4.57 Å². The summed E-state index contributed by atoms with van der Waals surface area (Å²) in [6.45, 7) is 0. The number of nitrogens with zero attached hydrogens (tertiary/aromatic N) is 2. The Morgan fingerprint density at radius 2 is 0.875 bits per heavy atom. The minimum atomic E-state index is -0.259. The van der Waals surface area contributed by atoms with Gasteiger partial charge in [0.1, 0.15) is 17.0 Å². The largest absolute Gasteiger partial charge is 0.455 e. The Kier molecular flexibility index (Phi) is 9.01. The van der Waals surface area contributed by atoms with Crippen molar-refractivity contribution < 1.29 is 8.81 Å². The van der Waals surface area contributed by atoms with Crippen LogP contribution in [-0.2, 0) is 0 Å². The molecule has 2 aromatic heterocycles. The van der Waals surface area contributed by atoms with Crippen molar-refractivity contribution in [3.05, 3.63) is 242 Å². The van der Waals surface area contributed by atoms with Crippen LogP contribution in [0.3, 0.4) is 0 Å². The maximum atomic E-state index is 14.9. The molecule has 0 aliphatic heterocycles. The number of anilines is 3. The number of rotatable bonds is 8. The maximum Gasteiger partial charge on any atom is 0.143 e. The topological polar surface area (TPSA) is 21.3 Å². The van der Waals surface area contributed by atoms with Gasteiger partial charge in [0.15, 0.2) is 0 Å². The van der Waals surface area contributed by atoms with Gasteiger partial charge in [-0.25, -0.2) is 4.39 Å². The molecule has 0 aliphatic carbocycles. The zero-order valence-corrected chi connectivity index (χ0v) is 34.7. The first-order chi connectivity index (χ1) is 31.6. The molecule has 0 spiro atoms. The van der Waals surface area contributed by atoms with Gasteiger partial charge in [-0.2, -0.15) is 0 Å². The van der Waals surface area contributed by atoms with E-state index in [0.29, 0.717) is 0 Å². The number of hydrogen-bond acceptors (Lipinski definition) is 2. The smallest absolute Gasteiger partial charge is 0.143 e. The zero-order valence-electron chi connectivity index (χ0n) is 34.7. The molecule has 0 atom stereocenters. The molecule has 3 nitrogen and oxygen atoms in total. The van der Waals surface area contributed by atoms with Crippen LogP contribution in [0.1, 0.15) is 0 Å². The summed E-state index contributed by atoms with van der Waals surface area (Å²) >= 11 is 0. The van der Waals surface area contributed by atoms with Crippen LogP contribution in [0.5, 0.6) is 0 Å². The van der Waals surface area contributed by atoms with E-state index < -0.39 is 0 Å². The molecular formula is C60H39FN2O. The van der Waals surface area contributed by atoms with Gasteiger partial charge < -0.3 is 13.9 Å². The van der Waals surface area contributed by atoms with Crippen molar-refractivity contribution in [3.8, 4) is 50.2 Å². The van der Waals surface area contributed by atoms with Gasteiger partial charge in [0.2, 0.25) is 0 Å². The van der Waals surface area contributed by atoms with Crippen molar-refractivity contribution in [2.24, 2.45) is 0 Å². The summed E-state index contributed by atoms with van der Waals surface area (Å²) < 4.78 is 23.5. The minimum Gasteiger partial charge on any atom is -0.455 e. The fraction of sp³-hybridized carbons (Fsp3) is 0. The summed E-state index contributed by atoms with van der Waals surface area (Å²) in [5.41, 5.74) is 16.6. The summed E-state index contributed by atoms with van der Waals surface area (Å²) in [6, 6.07) is 82.0. The third kappa shape index (κ3) is 6.43. The van der Waals surface area contributed by atoms with E-state index in [4.69, 9.17) is 4.42 Å². The normalized spacial score (nSPS) is 11.5. The number of hydrogen-bond donors (Lipinski definition) is 0. The standard InChI is InChI=1S/C60H39FN2O/c61-45-28-36-53-52-16-7-9-20-57(52)63(58(53)38-45)49-35-37-50(42-14-5-2-6-15-42)56(39-49)44-26-33-48(34-27-44)62(46-29-22-41(23-30-46)40-12-3-1-4-13-40)47-31-24-43(25-32-47)51-18-11-19-55-54-17-8-10-21-59(54)64-60(51)55/h1-39H. The van der Waals surface area contributed by atoms with E-state index >= 15 is 0 Å². The molecule has 0 N–H and O–H groups in total. The van der Waals surface area contributed by atoms with Crippen LogP contribution in [0.15, 0.2) is 241 Å². The van der Waals surface area contributed by atoms with Gasteiger partial charge in [0.05, 0.1) is 11.0 Å². The fourth-order valence-electron chi connectivity index (χ4n) is 9.44. The average Bonchev–Trinajstić information content (AvgIpc) is 3.91. The number of benzene rings is 10. The van der Waals surface area contributed by atoms with Gasteiger partial charge in [-0.1, -0.05) is 158 Å². The number of furan rings is 1. The van der Waals surface area contributed by atoms with Gasteiger partial charge in [-0.3, -0.25) is 0 Å². The van der Waals surface area contributed by atoms with E-state index in [9.17, 15) is 4.39 Å². The highest BCUT2D eigenvalue weighted by Gasteiger charge is 2.19. The summed E-state index contributed by atoms with van der Waals surface area (Å²) in [4.78, 5) is 2.31. The minimum absolute atomic E-state index is 0.259. The lowest BCUT2D eigenvalue weighted by molar-refractivity contribution is 0.629. The predicted molar refractivity (Wildman–Crippen MR) is 264 cm³/mol. The quantitative estimate of drug-likeness (QED) is 0.152. The van der Waals surface area contributed by atoms with E-state index in [1.807, 2.05) is 42.5 Å². The highest BCUT2D eigenvalue weighted by atomic mass is 19.1. The Labute approximate surface area is 370 Å². The summed E-state index contributed by atoms with van der Waals surface area (Å²) in [5.74, 6) is -0.259. The van der Waals surface area contributed by atoms with Gasteiger partial charge in [0.25, 0.3) is 0 Å². The molecule has 12 aromatic rings.